The van der Waals surface area contributed by atoms with Crippen molar-refractivity contribution in [1.29, 1.82) is 0 Å². The predicted molar refractivity (Wildman–Crippen MR) is 81.3 cm³/mol. The first-order chi connectivity index (χ1) is 9.33. The molecule has 0 aromatic heterocycles. The number of rotatable bonds is 11. The van der Waals surface area contributed by atoms with Crippen LogP contribution in [0.1, 0.15) is 84.5 Å². The van der Waals surface area contributed by atoms with Crippen LogP contribution in [0, 0.1) is 5.92 Å². The van der Waals surface area contributed by atoms with E-state index in [-0.39, 0.29) is 6.29 Å². The molecule has 114 valence electrons. The Morgan fingerprint density at radius 3 is 2.58 bits per heavy atom. The van der Waals surface area contributed by atoms with Gasteiger partial charge in [0.25, 0.3) is 0 Å². The molecule has 2 atom stereocenters. The van der Waals surface area contributed by atoms with Crippen LogP contribution in [0.15, 0.2) is 0 Å². The SMILES string of the molecule is CCCC(C)CCCCCCCOC1CCCCO1. The average molecular weight is 270 g/mol. The van der Waals surface area contributed by atoms with Gasteiger partial charge in [0.15, 0.2) is 6.29 Å². The Morgan fingerprint density at radius 2 is 1.84 bits per heavy atom. The molecule has 2 heteroatoms. The first-order valence-corrected chi connectivity index (χ1v) is 8.56. The van der Waals surface area contributed by atoms with E-state index < -0.39 is 0 Å². The van der Waals surface area contributed by atoms with Crippen molar-refractivity contribution in [2.24, 2.45) is 5.92 Å². The maximum absolute atomic E-state index is 5.74. The molecule has 19 heavy (non-hydrogen) atoms. The van der Waals surface area contributed by atoms with E-state index in [1.807, 2.05) is 0 Å². The maximum atomic E-state index is 5.74. The molecule has 2 nitrogen and oxygen atoms in total. The van der Waals surface area contributed by atoms with Gasteiger partial charge >= 0.3 is 0 Å². The fourth-order valence-corrected chi connectivity index (χ4v) is 2.82. The molecule has 2 unspecified atom stereocenters. The second-order valence-corrected chi connectivity index (χ2v) is 6.12. The molecule has 0 saturated carbocycles. The summed E-state index contributed by atoms with van der Waals surface area (Å²) in [5, 5.41) is 0. The van der Waals surface area contributed by atoms with Gasteiger partial charge in [-0.15, -0.1) is 0 Å². The zero-order valence-electron chi connectivity index (χ0n) is 13.2. The monoisotopic (exact) mass is 270 g/mol. The topological polar surface area (TPSA) is 18.5 Å². The Hall–Kier alpha value is -0.0800. The van der Waals surface area contributed by atoms with Crippen LogP contribution >= 0.6 is 0 Å². The van der Waals surface area contributed by atoms with Crippen LogP contribution in [-0.2, 0) is 9.47 Å². The van der Waals surface area contributed by atoms with Crippen molar-refractivity contribution in [3.05, 3.63) is 0 Å². The smallest absolute Gasteiger partial charge is 0.157 e. The van der Waals surface area contributed by atoms with Crippen molar-refractivity contribution < 1.29 is 9.47 Å². The molecule has 1 aliphatic heterocycles. The lowest BCUT2D eigenvalue weighted by Crippen LogP contribution is -2.22. The van der Waals surface area contributed by atoms with Crippen LogP contribution in [-0.4, -0.2) is 19.5 Å². The fraction of sp³-hybridized carbons (Fsp3) is 1.00. The third-order valence-electron chi connectivity index (χ3n) is 4.06. The van der Waals surface area contributed by atoms with Crippen molar-refractivity contribution >= 4 is 0 Å². The van der Waals surface area contributed by atoms with Crippen LogP contribution in [0.4, 0.5) is 0 Å². The molecule has 0 spiro atoms. The fourth-order valence-electron chi connectivity index (χ4n) is 2.82. The Morgan fingerprint density at radius 1 is 1.05 bits per heavy atom. The van der Waals surface area contributed by atoms with Crippen LogP contribution in [0.5, 0.6) is 0 Å². The zero-order valence-corrected chi connectivity index (χ0v) is 13.2. The van der Waals surface area contributed by atoms with E-state index in [1.165, 1.54) is 64.2 Å². The van der Waals surface area contributed by atoms with Crippen molar-refractivity contribution in [2.75, 3.05) is 13.2 Å². The second-order valence-electron chi connectivity index (χ2n) is 6.12. The van der Waals surface area contributed by atoms with Crippen LogP contribution in [0.2, 0.25) is 0 Å². The first kappa shape index (κ1) is 17.0. The average Bonchev–Trinajstić information content (AvgIpc) is 2.43. The molecule has 0 N–H and O–H groups in total. The minimum absolute atomic E-state index is 0.101. The Balaban J connectivity index is 1.78. The summed E-state index contributed by atoms with van der Waals surface area (Å²) in [6.07, 6.45) is 14.5. The van der Waals surface area contributed by atoms with E-state index in [4.69, 9.17) is 9.47 Å². The Bertz CT molecular complexity index is 188. The lowest BCUT2D eigenvalue weighted by atomic mass is 9.98. The largest absolute Gasteiger partial charge is 0.353 e. The van der Waals surface area contributed by atoms with E-state index in [0.717, 1.165) is 25.6 Å². The highest BCUT2D eigenvalue weighted by Crippen LogP contribution is 2.16. The van der Waals surface area contributed by atoms with Gasteiger partial charge in [-0.1, -0.05) is 58.8 Å². The maximum Gasteiger partial charge on any atom is 0.157 e. The molecule has 0 amide bonds. The van der Waals surface area contributed by atoms with Gasteiger partial charge in [-0.2, -0.15) is 0 Å². The number of ether oxygens (including phenoxy) is 2. The second kappa shape index (κ2) is 11.7. The summed E-state index contributed by atoms with van der Waals surface area (Å²) in [7, 11) is 0. The highest BCUT2D eigenvalue weighted by molar-refractivity contribution is 4.55. The highest BCUT2D eigenvalue weighted by Gasteiger charge is 2.13. The van der Waals surface area contributed by atoms with Crippen LogP contribution in [0.3, 0.4) is 0 Å². The summed E-state index contributed by atoms with van der Waals surface area (Å²) in [6, 6.07) is 0. The number of hydrogen-bond acceptors (Lipinski definition) is 2. The molecule has 0 aliphatic carbocycles. The Labute approximate surface area is 120 Å². The van der Waals surface area contributed by atoms with Gasteiger partial charge in [0, 0.05) is 13.2 Å². The van der Waals surface area contributed by atoms with Crippen LogP contribution in [0.25, 0.3) is 0 Å². The number of unbranched alkanes of at least 4 members (excludes halogenated alkanes) is 4. The third-order valence-corrected chi connectivity index (χ3v) is 4.06. The van der Waals surface area contributed by atoms with E-state index >= 15 is 0 Å². The van der Waals surface area contributed by atoms with E-state index in [9.17, 15) is 0 Å². The van der Waals surface area contributed by atoms with Crippen molar-refractivity contribution in [3.63, 3.8) is 0 Å². The molecule has 1 aliphatic rings. The highest BCUT2D eigenvalue weighted by atomic mass is 16.7. The molecule has 0 aromatic rings. The molecule has 0 aromatic carbocycles. The molecule has 0 bridgehead atoms. The molecule has 1 saturated heterocycles. The molecule has 1 rings (SSSR count). The summed E-state index contributed by atoms with van der Waals surface area (Å²) in [6.45, 7) is 6.45. The quantitative estimate of drug-likeness (QED) is 0.474. The van der Waals surface area contributed by atoms with E-state index in [2.05, 4.69) is 13.8 Å². The molecular formula is C17H34O2. The van der Waals surface area contributed by atoms with Gasteiger partial charge in [-0.05, 0) is 31.6 Å². The van der Waals surface area contributed by atoms with Crippen molar-refractivity contribution in [3.8, 4) is 0 Å². The third kappa shape index (κ3) is 9.45. The van der Waals surface area contributed by atoms with Gasteiger partial charge in [0.2, 0.25) is 0 Å². The summed E-state index contributed by atoms with van der Waals surface area (Å²) >= 11 is 0. The lowest BCUT2D eigenvalue weighted by Gasteiger charge is -2.22. The van der Waals surface area contributed by atoms with Gasteiger partial charge in [-0.25, -0.2) is 0 Å². The normalized spacial score (nSPS) is 21.5. The first-order valence-electron chi connectivity index (χ1n) is 8.56. The lowest BCUT2D eigenvalue weighted by molar-refractivity contribution is -0.162. The molecule has 0 radical (unpaired) electrons. The molecule has 1 heterocycles. The van der Waals surface area contributed by atoms with Crippen molar-refractivity contribution in [2.45, 2.75) is 90.8 Å². The van der Waals surface area contributed by atoms with E-state index in [1.54, 1.807) is 0 Å². The minimum Gasteiger partial charge on any atom is -0.353 e. The van der Waals surface area contributed by atoms with Gasteiger partial charge in [0.05, 0.1) is 0 Å². The predicted octanol–water partition coefficient (Wildman–Crippen LogP) is 5.31. The van der Waals surface area contributed by atoms with E-state index in [0.29, 0.717) is 0 Å². The van der Waals surface area contributed by atoms with Crippen molar-refractivity contribution in [1.82, 2.24) is 0 Å². The van der Waals surface area contributed by atoms with Gasteiger partial charge in [-0.3, -0.25) is 0 Å². The van der Waals surface area contributed by atoms with Crippen LogP contribution < -0.4 is 0 Å². The number of hydrogen-bond donors (Lipinski definition) is 0. The van der Waals surface area contributed by atoms with Gasteiger partial charge in [0.1, 0.15) is 0 Å². The standard InChI is InChI=1S/C17H34O2/c1-3-11-16(2)12-7-5-4-6-9-14-18-17-13-8-10-15-19-17/h16-17H,3-15H2,1-2H3. The summed E-state index contributed by atoms with van der Waals surface area (Å²) in [4.78, 5) is 0. The summed E-state index contributed by atoms with van der Waals surface area (Å²) in [5.74, 6) is 0.928. The Kier molecular flexibility index (Phi) is 10.5. The summed E-state index contributed by atoms with van der Waals surface area (Å²) < 4.78 is 11.3. The summed E-state index contributed by atoms with van der Waals surface area (Å²) in [5.41, 5.74) is 0. The minimum atomic E-state index is 0.101. The zero-order chi connectivity index (χ0) is 13.8. The van der Waals surface area contributed by atoms with Gasteiger partial charge < -0.3 is 9.47 Å². The molecular weight excluding hydrogens is 236 g/mol. The molecule has 1 fully saturated rings.